The third-order valence-corrected chi connectivity index (χ3v) is 3.26. The Balaban J connectivity index is 2.51. The zero-order chi connectivity index (χ0) is 13.1. The molecule has 2 heterocycles. The number of rotatable bonds is 4. The average molecular weight is 309 g/mol. The molecule has 0 saturated carbocycles. The Morgan fingerprint density at radius 3 is 2.72 bits per heavy atom. The normalized spacial score (nSPS) is 10.8. The van der Waals surface area contributed by atoms with Gasteiger partial charge in [-0.15, -0.1) is 0 Å². The van der Waals surface area contributed by atoms with Crippen LogP contribution in [-0.2, 0) is 13.0 Å². The number of nitrogens with zero attached hydrogens (tertiary/aromatic N) is 3. The predicted octanol–water partition coefficient (Wildman–Crippen LogP) is 3.26. The first-order valence-corrected chi connectivity index (χ1v) is 6.92. The van der Waals surface area contributed by atoms with Crippen molar-refractivity contribution >= 4 is 21.7 Å². The fraction of sp³-hybridized carbons (Fsp3) is 0.385. The molecule has 2 aromatic rings. The molecule has 0 amide bonds. The number of nitrogens with two attached hydrogens (primary N) is 1. The first-order chi connectivity index (χ1) is 8.67. The van der Waals surface area contributed by atoms with Crippen molar-refractivity contribution in [3.05, 3.63) is 28.8 Å². The number of halogens is 1. The van der Waals surface area contributed by atoms with Crippen LogP contribution in [0.3, 0.4) is 0 Å². The number of aromatic nitrogens is 3. The van der Waals surface area contributed by atoms with E-state index in [0.29, 0.717) is 0 Å². The van der Waals surface area contributed by atoms with Crippen LogP contribution in [-0.4, -0.2) is 14.5 Å². The Hall–Kier alpha value is -1.36. The van der Waals surface area contributed by atoms with Crippen LogP contribution >= 0.6 is 15.9 Å². The van der Waals surface area contributed by atoms with Crippen molar-refractivity contribution in [2.75, 3.05) is 5.73 Å². The fourth-order valence-electron chi connectivity index (χ4n) is 2.01. The molecule has 0 aliphatic carbocycles. The summed E-state index contributed by atoms with van der Waals surface area (Å²) < 4.78 is 3.03. The highest BCUT2D eigenvalue weighted by atomic mass is 79.9. The summed E-state index contributed by atoms with van der Waals surface area (Å²) in [4.78, 5) is 8.80. The van der Waals surface area contributed by atoms with Gasteiger partial charge in [0.1, 0.15) is 17.3 Å². The van der Waals surface area contributed by atoms with Gasteiger partial charge < -0.3 is 10.3 Å². The lowest BCUT2D eigenvalue weighted by molar-refractivity contribution is 0.650. The molecular weight excluding hydrogens is 292 g/mol. The van der Waals surface area contributed by atoms with E-state index in [1.54, 1.807) is 12.4 Å². The second-order valence-electron chi connectivity index (χ2n) is 4.16. The molecule has 2 rings (SSSR count). The third-order valence-electron chi connectivity index (χ3n) is 2.83. The summed E-state index contributed by atoms with van der Waals surface area (Å²) in [6.07, 6.45) is 5.47. The Morgan fingerprint density at radius 2 is 2.11 bits per heavy atom. The van der Waals surface area contributed by atoms with Crippen LogP contribution in [0.15, 0.2) is 22.9 Å². The van der Waals surface area contributed by atoms with E-state index in [2.05, 4.69) is 44.3 Å². The van der Waals surface area contributed by atoms with Crippen molar-refractivity contribution in [2.24, 2.45) is 0 Å². The van der Waals surface area contributed by atoms with Crippen molar-refractivity contribution in [3.8, 4) is 11.3 Å². The minimum absolute atomic E-state index is 0.730. The van der Waals surface area contributed by atoms with Gasteiger partial charge in [0.2, 0.25) is 0 Å². The van der Waals surface area contributed by atoms with Gasteiger partial charge in [-0.1, -0.05) is 13.8 Å². The minimum atomic E-state index is 0.730. The molecule has 2 aromatic heterocycles. The monoisotopic (exact) mass is 308 g/mol. The standard InChI is InChI=1S/C13H17BrN4/c1-3-5-18-11(4-2)17-12(13(18)15)9-6-10(14)8-16-7-9/h6-8H,3-5,15H2,1-2H3. The minimum Gasteiger partial charge on any atom is -0.383 e. The lowest BCUT2D eigenvalue weighted by atomic mass is 10.2. The highest BCUT2D eigenvalue weighted by molar-refractivity contribution is 9.10. The largest absolute Gasteiger partial charge is 0.383 e. The molecular formula is C13H17BrN4. The maximum absolute atomic E-state index is 6.21. The first-order valence-electron chi connectivity index (χ1n) is 6.13. The third kappa shape index (κ3) is 2.41. The molecule has 18 heavy (non-hydrogen) atoms. The van der Waals surface area contributed by atoms with Crippen LogP contribution < -0.4 is 5.73 Å². The fourth-order valence-corrected chi connectivity index (χ4v) is 2.38. The van der Waals surface area contributed by atoms with Crippen LogP contribution in [0.1, 0.15) is 26.1 Å². The van der Waals surface area contributed by atoms with Crippen molar-refractivity contribution in [3.63, 3.8) is 0 Å². The van der Waals surface area contributed by atoms with Crippen molar-refractivity contribution < 1.29 is 0 Å². The number of pyridine rings is 1. The summed E-state index contributed by atoms with van der Waals surface area (Å²) in [5, 5.41) is 0. The van der Waals surface area contributed by atoms with E-state index in [1.807, 2.05) is 6.07 Å². The quantitative estimate of drug-likeness (QED) is 0.943. The lowest BCUT2D eigenvalue weighted by Crippen LogP contribution is -2.06. The predicted molar refractivity (Wildman–Crippen MR) is 77.2 cm³/mol. The Bertz CT molecular complexity index is 548. The van der Waals surface area contributed by atoms with Gasteiger partial charge in [0.25, 0.3) is 0 Å². The number of hydrogen-bond acceptors (Lipinski definition) is 3. The van der Waals surface area contributed by atoms with E-state index >= 15 is 0 Å². The number of aryl methyl sites for hydroxylation is 1. The number of hydrogen-bond donors (Lipinski definition) is 1. The van der Waals surface area contributed by atoms with E-state index in [1.165, 1.54) is 0 Å². The highest BCUT2D eigenvalue weighted by Crippen LogP contribution is 2.28. The van der Waals surface area contributed by atoms with Crippen LogP contribution in [0.4, 0.5) is 5.82 Å². The van der Waals surface area contributed by atoms with Crippen LogP contribution in [0.25, 0.3) is 11.3 Å². The topological polar surface area (TPSA) is 56.7 Å². The van der Waals surface area contributed by atoms with Gasteiger partial charge in [-0.3, -0.25) is 4.98 Å². The number of nitrogen functional groups attached to an aromatic ring is 1. The number of imidazole rings is 1. The van der Waals surface area contributed by atoms with Crippen molar-refractivity contribution in [2.45, 2.75) is 33.2 Å². The van der Waals surface area contributed by atoms with Crippen LogP contribution in [0.5, 0.6) is 0 Å². The van der Waals surface area contributed by atoms with Crippen molar-refractivity contribution in [1.29, 1.82) is 0 Å². The molecule has 96 valence electrons. The zero-order valence-electron chi connectivity index (χ0n) is 10.7. The molecule has 0 aliphatic rings. The van der Waals surface area contributed by atoms with Gasteiger partial charge in [0.15, 0.2) is 0 Å². The van der Waals surface area contributed by atoms with Gasteiger partial charge in [0.05, 0.1) is 0 Å². The van der Waals surface area contributed by atoms with Gasteiger partial charge >= 0.3 is 0 Å². The van der Waals surface area contributed by atoms with E-state index in [0.717, 1.165) is 46.8 Å². The lowest BCUT2D eigenvalue weighted by Gasteiger charge is -2.06. The van der Waals surface area contributed by atoms with E-state index in [9.17, 15) is 0 Å². The van der Waals surface area contributed by atoms with Gasteiger partial charge in [-0.25, -0.2) is 4.98 Å². The molecule has 0 radical (unpaired) electrons. The molecule has 2 N–H and O–H groups in total. The summed E-state index contributed by atoms with van der Waals surface area (Å²) in [6, 6.07) is 1.99. The Labute approximate surface area is 115 Å². The maximum Gasteiger partial charge on any atom is 0.131 e. The average Bonchev–Trinajstić information content (AvgIpc) is 2.67. The Morgan fingerprint density at radius 1 is 1.33 bits per heavy atom. The number of anilines is 1. The second kappa shape index (κ2) is 5.52. The van der Waals surface area contributed by atoms with E-state index in [-0.39, 0.29) is 0 Å². The summed E-state index contributed by atoms with van der Waals surface area (Å²) in [5.41, 5.74) is 7.98. The van der Waals surface area contributed by atoms with E-state index in [4.69, 9.17) is 5.73 Å². The summed E-state index contributed by atoms with van der Waals surface area (Å²) in [5.74, 6) is 1.76. The SMILES string of the molecule is CCCn1c(CC)nc(-c2cncc(Br)c2)c1N. The molecule has 0 aromatic carbocycles. The molecule has 0 fully saturated rings. The van der Waals surface area contributed by atoms with Gasteiger partial charge in [-0.2, -0.15) is 0 Å². The molecule has 0 aliphatic heterocycles. The molecule has 5 heteroatoms. The van der Waals surface area contributed by atoms with Gasteiger partial charge in [-0.05, 0) is 28.4 Å². The van der Waals surface area contributed by atoms with Crippen LogP contribution in [0, 0.1) is 0 Å². The highest BCUT2D eigenvalue weighted by Gasteiger charge is 2.14. The second-order valence-corrected chi connectivity index (χ2v) is 5.07. The first kappa shape index (κ1) is 13.1. The van der Waals surface area contributed by atoms with E-state index < -0.39 is 0 Å². The summed E-state index contributed by atoms with van der Waals surface area (Å²) >= 11 is 3.42. The summed E-state index contributed by atoms with van der Waals surface area (Å²) in [6.45, 7) is 5.14. The molecule has 0 bridgehead atoms. The molecule has 0 saturated heterocycles. The van der Waals surface area contributed by atoms with Crippen LogP contribution in [0.2, 0.25) is 0 Å². The maximum atomic E-state index is 6.21. The molecule has 0 unspecified atom stereocenters. The smallest absolute Gasteiger partial charge is 0.131 e. The molecule has 0 atom stereocenters. The van der Waals surface area contributed by atoms with Gasteiger partial charge in [0, 0.05) is 35.4 Å². The van der Waals surface area contributed by atoms with Crippen molar-refractivity contribution in [1.82, 2.24) is 14.5 Å². The molecule has 0 spiro atoms. The zero-order valence-corrected chi connectivity index (χ0v) is 12.2. The Kier molecular flexibility index (Phi) is 4.01. The molecule has 4 nitrogen and oxygen atoms in total. The summed E-state index contributed by atoms with van der Waals surface area (Å²) in [7, 11) is 0.